The highest BCUT2D eigenvalue weighted by molar-refractivity contribution is 9.12. The second-order valence-corrected chi connectivity index (χ2v) is 11.2. The van der Waals surface area contributed by atoms with Gasteiger partial charge in [-0.15, -0.1) is 0 Å². The van der Waals surface area contributed by atoms with Gasteiger partial charge < -0.3 is 4.74 Å². The summed E-state index contributed by atoms with van der Waals surface area (Å²) < 4.78 is 5.22. The smallest absolute Gasteiger partial charge is 0.330 e. The van der Waals surface area contributed by atoms with Crippen LogP contribution in [0.15, 0.2) is 24.3 Å². The summed E-state index contributed by atoms with van der Waals surface area (Å²) in [6.45, 7) is 2.84. The van der Waals surface area contributed by atoms with Gasteiger partial charge in [0.1, 0.15) is 6.04 Å². The first-order valence-corrected chi connectivity index (χ1v) is 12.5. The molecule has 2 bridgehead atoms. The van der Waals surface area contributed by atoms with Gasteiger partial charge in [-0.25, -0.2) is 4.79 Å². The Bertz CT molecular complexity index is 996. The van der Waals surface area contributed by atoms with Crippen molar-refractivity contribution in [1.82, 2.24) is 4.90 Å². The van der Waals surface area contributed by atoms with Gasteiger partial charge in [0.2, 0.25) is 11.8 Å². The average Bonchev–Trinajstić information content (AvgIpc) is 3.38. The molecule has 1 saturated heterocycles. The number of halogens is 2. The molecule has 4 rings (SSSR count). The van der Waals surface area contributed by atoms with Gasteiger partial charge in [-0.1, -0.05) is 45.7 Å². The Morgan fingerprint density at radius 3 is 2.06 bits per heavy atom. The largest absolute Gasteiger partial charge is 0.456 e. The second-order valence-electron chi connectivity index (χ2n) is 9.07. The molecule has 0 unspecified atom stereocenters. The highest BCUT2D eigenvalue weighted by atomic mass is 79.9. The van der Waals surface area contributed by atoms with Gasteiger partial charge in [-0.2, -0.15) is 0 Å². The first-order valence-electron chi connectivity index (χ1n) is 10.6. The number of non-ortho nitro benzene ring substituents is 1. The summed E-state index contributed by atoms with van der Waals surface area (Å²) in [5.74, 6) is -3.31. The minimum absolute atomic E-state index is 0.0263. The number of hydrogen-bond acceptors (Lipinski definition) is 7. The maximum absolute atomic E-state index is 13.3. The molecule has 0 radical (unpaired) electrons. The van der Waals surface area contributed by atoms with Gasteiger partial charge >= 0.3 is 5.97 Å². The lowest BCUT2D eigenvalue weighted by Gasteiger charge is -2.28. The third kappa shape index (κ3) is 3.92. The maximum atomic E-state index is 13.3. The van der Waals surface area contributed by atoms with Crippen LogP contribution in [0.3, 0.4) is 0 Å². The average molecular weight is 586 g/mol. The molecule has 3 aliphatic rings. The van der Waals surface area contributed by atoms with Crippen molar-refractivity contribution in [2.24, 2.45) is 29.6 Å². The van der Waals surface area contributed by atoms with Gasteiger partial charge in [0.15, 0.2) is 12.4 Å². The Morgan fingerprint density at radius 2 is 1.61 bits per heavy atom. The number of benzene rings is 1. The first-order chi connectivity index (χ1) is 15.5. The molecule has 2 saturated carbocycles. The normalized spacial score (nSPS) is 31.1. The summed E-state index contributed by atoms with van der Waals surface area (Å²) >= 11 is 7.28. The fourth-order valence-electron chi connectivity index (χ4n) is 5.40. The number of imide groups is 1. The van der Waals surface area contributed by atoms with Crippen molar-refractivity contribution in [2.45, 2.75) is 36.0 Å². The van der Waals surface area contributed by atoms with Crippen LogP contribution >= 0.6 is 31.9 Å². The monoisotopic (exact) mass is 584 g/mol. The lowest BCUT2D eigenvalue weighted by molar-refractivity contribution is -0.384. The summed E-state index contributed by atoms with van der Waals surface area (Å²) in [4.78, 5) is 63.3. The van der Waals surface area contributed by atoms with Crippen molar-refractivity contribution in [3.05, 3.63) is 39.9 Å². The number of amides is 2. The number of esters is 1. The molecular formula is C22H22Br2N2O7. The minimum Gasteiger partial charge on any atom is -0.456 e. The number of carbonyl (C=O) groups is 4. The van der Waals surface area contributed by atoms with Crippen molar-refractivity contribution in [3.8, 4) is 0 Å². The number of fused-ring (bicyclic) bond motifs is 5. The third-order valence-electron chi connectivity index (χ3n) is 6.92. The molecule has 1 aliphatic heterocycles. The molecule has 1 heterocycles. The van der Waals surface area contributed by atoms with Crippen LogP contribution in [0.2, 0.25) is 0 Å². The number of Topliss-reactive ketones (excluding diaryl/α,β-unsaturated/α-hetero) is 1. The summed E-state index contributed by atoms with van der Waals surface area (Å²) in [5.41, 5.74) is -0.00826. The van der Waals surface area contributed by atoms with Crippen LogP contribution in [0.25, 0.3) is 0 Å². The highest BCUT2D eigenvalue weighted by Crippen LogP contribution is 2.60. The van der Waals surface area contributed by atoms with Crippen LogP contribution in [-0.2, 0) is 19.1 Å². The second kappa shape index (κ2) is 8.90. The predicted octanol–water partition coefficient (Wildman–Crippen LogP) is 3.12. The molecule has 0 spiro atoms. The van der Waals surface area contributed by atoms with Crippen molar-refractivity contribution in [2.75, 3.05) is 6.61 Å². The van der Waals surface area contributed by atoms with E-state index in [0.717, 1.165) is 11.3 Å². The zero-order valence-electron chi connectivity index (χ0n) is 17.9. The fraction of sp³-hybridized carbons (Fsp3) is 0.545. The molecule has 9 nitrogen and oxygen atoms in total. The number of hydrogen-bond donors (Lipinski definition) is 0. The lowest BCUT2D eigenvalue weighted by atomic mass is 9.81. The van der Waals surface area contributed by atoms with Gasteiger partial charge in [0, 0.05) is 27.4 Å². The Labute approximate surface area is 206 Å². The van der Waals surface area contributed by atoms with Crippen LogP contribution in [0.4, 0.5) is 5.69 Å². The fourth-order valence-corrected chi connectivity index (χ4v) is 7.27. The molecule has 0 aromatic heterocycles. The van der Waals surface area contributed by atoms with Gasteiger partial charge in [0.25, 0.3) is 5.69 Å². The van der Waals surface area contributed by atoms with Crippen LogP contribution in [0.1, 0.15) is 30.6 Å². The molecule has 2 aliphatic carbocycles. The van der Waals surface area contributed by atoms with E-state index in [1.165, 1.54) is 24.3 Å². The van der Waals surface area contributed by atoms with E-state index in [-0.39, 0.29) is 44.6 Å². The number of nitro benzene ring substituents is 1. The van der Waals surface area contributed by atoms with Crippen LogP contribution in [0.5, 0.6) is 0 Å². The Kier molecular flexibility index (Phi) is 6.47. The zero-order valence-corrected chi connectivity index (χ0v) is 21.0. The predicted molar refractivity (Wildman–Crippen MR) is 123 cm³/mol. The minimum atomic E-state index is -1.12. The summed E-state index contributed by atoms with van der Waals surface area (Å²) in [6, 6.07) is 3.82. The van der Waals surface area contributed by atoms with Crippen LogP contribution in [0, 0.1) is 39.7 Å². The van der Waals surface area contributed by atoms with Crippen LogP contribution < -0.4 is 0 Å². The van der Waals surface area contributed by atoms with E-state index >= 15 is 0 Å². The molecule has 0 N–H and O–H groups in total. The van der Waals surface area contributed by atoms with E-state index in [1.807, 2.05) is 0 Å². The standard InChI is InChI=1S/C22H22Br2N2O7/c1-9(2)19(22(30)33-8-14(27)10-3-5-11(6-4-10)26(31)32)25-20(28)15-12-7-13(16(15)21(25)29)18(24)17(12)23/h3-6,9,12-13,15-19H,7-8H2,1-2H3/t12-,13-,15-,16+,17-,18+,19-/m1/s1. The van der Waals surface area contributed by atoms with Crippen molar-refractivity contribution in [1.29, 1.82) is 0 Å². The van der Waals surface area contributed by atoms with E-state index in [1.54, 1.807) is 13.8 Å². The van der Waals surface area contributed by atoms with E-state index in [0.29, 0.717) is 0 Å². The van der Waals surface area contributed by atoms with Crippen molar-refractivity contribution < 1.29 is 28.8 Å². The number of likely N-dealkylation sites (tertiary alicyclic amines) is 1. The van der Waals surface area contributed by atoms with Gasteiger partial charge in [-0.3, -0.25) is 29.4 Å². The Balaban J connectivity index is 1.47. The lowest BCUT2D eigenvalue weighted by Crippen LogP contribution is -2.50. The SMILES string of the molecule is CC(C)[C@H](C(=O)OCC(=O)c1ccc([N+](=O)[O-])cc1)N1C(=O)[C@@H]2[C@H]3C[C@@H]([C@H](Br)[C@@H]3Br)[C@@H]2C1=O. The molecule has 7 atom stereocenters. The molecule has 33 heavy (non-hydrogen) atoms. The molecule has 1 aromatic carbocycles. The maximum Gasteiger partial charge on any atom is 0.330 e. The number of nitrogens with zero attached hydrogens (tertiary/aromatic N) is 2. The number of ketones is 1. The summed E-state index contributed by atoms with van der Waals surface area (Å²) in [7, 11) is 0. The first kappa shape index (κ1) is 24.0. The van der Waals surface area contributed by atoms with Gasteiger partial charge in [-0.05, 0) is 36.3 Å². The Hall–Kier alpha value is -2.14. The molecular weight excluding hydrogens is 564 g/mol. The molecule has 1 aromatic rings. The topological polar surface area (TPSA) is 124 Å². The van der Waals surface area contributed by atoms with E-state index in [9.17, 15) is 29.3 Å². The number of rotatable bonds is 7. The number of alkyl halides is 2. The summed E-state index contributed by atoms with van der Waals surface area (Å²) in [6.07, 6.45) is 0.785. The van der Waals surface area contributed by atoms with E-state index in [2.05, 4.69) is 31.9 Å². The molecule has 176 valence electrons. The molecule has 2 amide bonds. The van der Waals surface area contributed by atoms with E-state index < -0.39 is 47.1 Å². The zero-order chi connectivity index (χ0) is 24.2. The number of ether oxygens (including phenoxy) is 1. The van der Waals surface area contributed by atoms with Gasteiger partial charge in [0.05, 0.1) is 16.8 Å². The Morgan fingerprint density at radius 1 is 1.09 bits per heavy atom. The van der Waals surface area contributed by atoms with Crippen LogP contribution in [-0.4, -0.2) is 55.7 Å². The number of nitro groups is 1. The quantitative estimate of drug-likeness (QED) is 0.120. The number of carbonyl (C=O) groups excluding carboxylic acids is 4. The van der Waals surface area contributed by atoms with Crippen molar-refractivity contribution in [3.63, 3.8) is 0 Å². The summed E-state index contributed by atoms with van der Waals surface area (Å²) in [5, 5.41) is 10.8. The third-order valence-corrected chi connectivity index (χ3v) is 10.1. The highest BCUT2D eigenvalue weighted by Gasteiger charge is 2.67. The van der Waals surface area contributed by atoms with E-state index in [4.69, 9.17) is 4.74 Å². The van der Waals surface area contributed by atoms with Crippen molar-refractivity contribution >= 4 is 61.1 Å². The molecule has 11 heteroatoms. The molecule has 3 fully saturated rings.